The number of rotatable bonds is 15. The summed E-state index contributed by atoms with van der Waals surface area (Å²) < 4.78 is 0. The Morgan fingerprint density at radius 1 is 0.147 bits per heavy atom. The maximum Gasteiger partial charge on any atom is 0.0463 e. The maximum atomic E-state index is 2.35. The highest BCUT2D eigenvalue weighted by molar-refractivity contribution is 7.18. The van der Waals surface area contributed by atoms with Crippen molar-refractivity contribution in [3.05, 3.63) is 315 Å². The molecule has 5 heteroatoms. The SMILES string of the molecule is c1ccc(-c2ccc(-c3ccc(N(c4ccc(-c5ccc(N(c6ccccc6)c6ccc(N(c7ccccc7)c7ccccc7)cc6)cc5)cc4)c4ccc(N(c5ccccc5)c5ccccc5)cc4)cc3)s2)cc1. The van der Waals surface area contributed by atoms with Crippen molar-refractivity contribution in [1.82, 2.24) is 0 Å². The molecule has 0 bridgehead atoms. The van der Waals surface area contributed by atoms with Crippen LogP contribution in [0.4, 0.5) is 68.2 Å². The average Bonchev–Trinajstić information content (AvgIpc) is 3.99. The summed E-state index contributed by atoms with van der Waals surface area (Å²) in [5.74, 6) is 0. The fourth-order valence-electron chi connectivity index (χ4n) is 9.81. The van der Waals surface area contributed by atoms with Gasteiger partial charge in [-0.2, -0.15) is 0 Å². The largest absolute Gasteiger partial charge is 0.311 e. The lowest BCUT2D eigenvalue weighted by Gasteiger charge is -2.28. The van der Waals surface area contributed by atoms with E-state index in [-0.39, 0.29) is 0 Å². The summed E-state index contributed by atoms with van der Waals surface area (Å²) in [6, 6.07) is 112. The third-order valence-electron chi connectivity index (χ3n) is 13.5. The summed E-state index contributed by atoms with van der Waals surface area (Å²) in [5.41, 5.74) is 17.8. The smallest absolute Gasteiger partial charge is 0.0463 e. The second kappa shape index (κ2) is 21.6. The maximum absolute atomic E-state index is 2.35. The summed E-state index contributed by atoms with van der Waals surface area (Å²) >= 11 is 1.82. The second-order valence-corrected chi connectivity index (χ2v) is 19.3. The van der Waals surface area contributed by atoms with Gasteiger partial charge in [0, 0.05) is 78.0 Å². The zero-order chi connectivity index (χ0) is 50.2. The topological polar surface area (TPSA) is 13.0 Å². The predicted octanol–water partition coefficient (Wildman–Crippen LogP) is 20.6. The molecule has 0 aliphatic heterocycles. The third kappa shape index (κ3) is 10.1. The third-order valence-corrected chi connectivity index (χ3v) is 14.6. The van der Waals surface area contributed by atoms with Gasteiger partial charge in [-0.1, -0.05) is 158 Å². The van der Waals surface area contributed by atoms with Crippen LogP contribution in [0.5, 0.6) is 0 Å². The Balaban J connectivity index is 0.854. The lowest BCUT2D eigenvalue weighted by molar-refractivity contribution is 1.25. The Morgan fingerprint density at radius 3 is 0.560 bits per heavy atom. The van der Waals surface area contributed by atoms with Gasteiger partial charge in [0.05, 0.1) is 0 Å². The molecule has 0 aliphatic rings. The molecule has 0 radical (unpaired) electrons. The van der Waals surface area contributed by atoms with E-state index in [1.807, 2.05) is 11.3 Å². The van der Waals surface area contributed by atoms with Crippen LogP contribution in [0.25, 0.3) is 32.0 Å². The van der Waals surface area contributed by atoms with Gasteiger partial charge >= 0.3 is 0 Å². The molecule has 0 atom stereocenters. The molecule has 12 rings (SSSR count). The van der Waals surface area contributed by atoms with E-state index < -0.39 is 0 Å². The first-order valence-electron chi connectivity index (χ1n) is 25.3. The lowest BCUT2D eigenvalue weighted by atomic mass is 10.0. The van der Waals surface area contributed by atoms with Crippen molar-refractivity contribution < 1.29 is 0 Å². The molecule has 0 unspecified atom stereocenters. The molecule has 358 valence electrons. The Labute approximate surface area is 444 Å². The molecule has 4 nitrogen and oxygen atoms in total. The van der Waals surface area contributed by atoms with E-state index in [4.69, 9.17) is 0 Å². The van der Waals surface area contributed by atoms with E-state index in [1.165, 1.54) is 20.9 Å². The van der Waals surface area contributed by atoms with Crippen LogP contribution in [-0.4, -0.2) is 0 Å². The number of benzene rings is 11. The quantitative estimate of drug-likeness (QED) is 0.101. The number of hydrogen-bond acceptors (Lipinski definition) is 5. The molecule has 75 heavy (non-hydrogen) atoms. The molecule has 0 fully saturated rings. The first-order chi connectivity index (χ1) is 37.2. The number of para-hydroxylation sites is 5. The molecule has 12 aromatic rings. The molecule has 0 amide bonds. The van der Waals surface area contributed by atoms with Gasteiger partial charge < -0.3 is 19.6 Å². The van der Waals surface area contributed by atoms with Gasteiger partial charge in [0.2, 0.25) is 0 Å². The predicted molar refractivity (Wildman–Crippen MR) is 319 cm³/mol. The van der Waals surface area contributed by atoms with Crippen LogP contribution in [0.1, 0.15) is 0 Å². The molecule has 0 saturated heterocycles. The van der Waals surface area contributed by atoms with Gasteiger partial charge in [-0.05, 0) is 180 Å². The average molecular weight is 981 g/mol. The van der Waals surface area contributed by atoms with E-state index in [1.54, 1.807) is 0 Å². The molecule has 1 aromatic heterocycles. The lowest BCUT2D eigenvalue weighted by Crippen LogP contribution is -2.12. The van der Waals surface area contributed by atoms with E-state index >= 15 is 0 Å². The Bertz CT molecular complexity index is 3630. The number of anilines is 12. The summed E-state index contributed by atoms with van der Waals surface area (Å²) in [5, 5.41) is 0. The first kappa shape index (κ1) is 46.4. The Hall–Kier alpha value is -9.68. The van der Waals surface area contributed by atoms with Crippen molar-refractivity contribution in [2.75, 3.05) is 19.6 Å². The molecule has 0 N–H and O–H groups in total. The van der Waals surface area contributed by atoms with E-state index in [2.05, 4.69) is 335 Å². The normalized spacial score (nSPS) is 10.9. The van der Waals surface area contributed by atoms with Crippen molar-refractivity contribution in [2.45, 2.75) is 0 Å². The molecule has 1 heterocycles. The fraction of sp³-hybridized carbons (Fsp3) is 0. The fourth-order valence-corrected chi connectivity index (χ4v) is 10.8. The molecule has 0 saturated carbocycles. The Morgan fingerprint density at radius 2 is 0.320 bits per heavy atom. The number of thiophene rings is 1. The molecular weight excluding hydrogens is 929 g/mol. The van der Waals surface area contributed by atoms with Crippen LogP contribution >= 0.6 is 11.3 Å². The number of nitrogens with zero attached hydrogens (tertiary/aromatic N) is 4. The summed E-state index contributed by atoms with van der Waals surface area (Å²) in [6.07, 6.45) is 0. The van der Waals surface area contributed by atoms with Crippen LogP contribution in [0.2, 0.25) is 0 Å². The van der Waals surface area contributed by atoms with E-state index in [0.29, 0.717) is 0 Å². The summed E-state index contributed by atoms with van der Waals surface area (Å²) in [4.78, 5) is 11.8. The minimum absolute atomic E-state index is 1.06. The van der Waals surface area contributed by atoms with Gasteiger partial charge in [-0.25, -0.2) is 0 Å². The minimum atomic E-state index is 1.06. The standard InChI is InChI=1S/C70H52N4S/c1-7-19-55(20-8-1)69-51-52-70(75-69)56-35-41-64(42-36-56)74(68-49-45-66(46-50-68)72(59-25-13-4-14-26-59)60-27-15-5-16-28-60)63-39-33-54(34-40-63)53-31-37-62(38-32-53)73(61-29-17-6-18-30-61)67-47-43-65(44-48-67)71(57-21-9-2-10-22-57)58-23-11-3-12-24-58/h1-52H. The van der Waals surface area contributed by atoms with Crippen LogP contribution in [0.15, 0.2) is 315 Å². The summed E-state index contributed by atoms with van der Waals surface area (Å²) in [6.45, 7) is 0. The van der Waals surface area contributed by atoms with E-state index in [0.717, 1.165) is 79.4 Å². The van der Waals surface area contributed by atoms with Crippen LogP contribution < -0.4 is 19.6 Å². The molecule has 0 aliphatic carbocycles. The monoisotopic (exact) mass is 980 g/mol. The molecule has 0 spiro atoms. The summed E-state index contributed by atoms with van der Waals surface area (Å²) in [7, 11) is 0. The van der Waals surface area contributed by atoms with Crippen molar-refractivity contribution in [3.8, 4) is 32.0 Å². The minimum Gasteiger partial charge on any atom is -0.311 e. The van der Waals surface area contributed by atoms with Crippen molar-refractivity contribution >= 4 is 79.6 Å². The van der Waals surface area contributed by atoms with Gasteiger partial charge in [-0.15, -0.1) is 11.3 Å². The molecule has 11 aromatic carbocycles. The van der Waals surface area contributed by atoms with E-state index in [9.17, 15) is 0 Å². The second-order valence-electron chi connectivity index (χ2n) is 18.2. The van der Waals surface area contributed by atoms with Gasteiger partial charge in [0.15, 0.2) is 0 Å². The highest BCUT2D eigenvalue weighted by Crippen LogP contribution is 2.43. The van der Waals surface area contributed by atoms with Gasteiger partial charge in [0.25, 0.3) is 0 Å². The highest BCUT2D eigenvalue weighted by Gasteiger charge is 2.19. The van der Waals surface area contributed by atoms with Crippen molar-refractivity contribution in [1.29, 1.82) is 0 Å². The van der Waals surface area contributed by atoms with Gasteiger partial charge in [-0.3, -0.25) is 0 Å². The zero-order valence-corrected chi connectivity index (χ0v) is 42.0. The van der Waals surface area contributed by atoms with Crippen molar-refractivity contribution in [2.24, 2.45) is 0 Å². The molecular formula is C70H52N4S. The Kier molecular flexibility index (Phi) is 13.3. The first-order valence-corrected chi connectivity index (χ1v) is 26.1. The zero-order valence-electron chi connectivity index (χ0n) is 41.2. The highest BCUT2D eigenvalue weighted by atomic mass is 32.1. The van der Waals surface area contributed by atoms with Crippen molar-refractivity contribution in [3.63, 3.8) is 0 Å². The van der Waals surface area contributed by atoms with Crippen LogP contribution in [0, 0.1) is 0 Å². The van der Waals surface area contributed by atoms with Gasteiger partial charge in [0.1, 0.15) is 0 Å². The van der Waals surface area contributed by atoms with Crippen LogP contribution in [0.3, 0.4) is 0 Å². The van der Waals surface area contributed by atoms with Crippen LogP contribution in [-0.2, 0) is 0 Å². The number of hydrogen-bond donors (Lipinski definition) is 0.